The molecule has 1 unspecified atom stereocenters. The lowest BCUT2D eigenvalue weighted by Gasteiger charge is -2.15. The van der Waals surface area contributed by atoms with Crippen molar-refractivity contribution in [3.63, 3.8) is 0 Å². The summed E-state index contributed by atoms with van der Waals surface area (Å²) < 4.78 is 40.0. The number of hydrogen-bond acceptors (Lipinski definition) is 3. The normalized spacial score (nSPS) is 13.5. The molecular weight excluding hydrogens is 339 g/mol. The van der Waals surface area contributed by atoms with Gasteiger partial charge in [0.25, 0.3) is 0 Å². The summed E-state index contributed by atoms with van der Waals surface area (Å²) in [6.45, 7) is -0.325. The number of aromatic nitrogens is 2. The number of hydrogen-bond donors (Lipinski definition) is 2. The van der Waals surface area contributed by atoms with Crippen LogP contribution in [0.2, 0.25) is 0 Å². The number of nitrogens with two attached hydrogens (primary N) is 1. The van der Waals surface area contributed by atoms with Crippen molar-refractivity contribution < 1.29 is 18.3 Å². The van der Waals surface area contributed by atoms with E-state index in [0.717, 1.165) is 6.07 Å². The highest BCUT2D eigenvalue weighted by atomic mass is 79.9. The van der Waals surface area contributed by atoms with Crippen molar-refractivity contribution in [2.45, 2.75) is 12.2 Å². The SMILES string of the molecule is NC(CO)c1cncn1-c1ccc(Br)c(C(F)(F)F)c1. The van der Waals surface area contributed by atoms with Gasteiger partial charge in [-0.15, -0.1) is 0 Å². The molecule has 1 aromatic heterocycles. The fourth-order valence-corrected chi connectivity index (χ4v) is 2.24. The van der Waals surface area contributed by atoms with Crippen molar-refractivity contribution in [3.8, 4) is 5.69 Å². The summed E-state index contributed by atoms with van der Waals surface area (Å²) in [7, 11) is 0. The van der Waals surface area contributed by atoms with Crippen LogP contribution in [0.1, 0.15) is 17.3 Å². The first-order valence-corrected chi connectivity index (χ1v) is 6.39. The number of alkyl halides is 3. The first-order chi connectivity index (χ1) is 9.34. The smallest absolute Gasteiger partial charge is 0.394 e. The molecule has 0 fully saturated rings. The Morgan fingerprint density at radius 3 is 2.70 bits per heavy atom. The van der Waals surface area contributed by atoms with Crippen LogP contribution in [-0.4, -0.2) is 21.3 Å². The van der Waals surface area contributed by atoms with Gasteiger partial charge < -0.3 is 15.4 Å². The third-order valence-corrected chi connectivity index (χ3v) is 3.47. The molecule has 0 saturated heterocycles. The van der Waals surface area contributed by atoms with Crippen LogP contribution in [0.3, 0.4) is 0 Å². The van der Waals surface area contributed by atoms with E-state index in [1.54, 1.807) is 0 Å². The van der Waals surface area contributed by atoms with Gasteiger partial charge in [-0.2, -0.15) is 13.2 Å². The van der Waals surface area contributed by atoms with Gasteiger partial charge in [0.1, 0.15) is 0 Å². The molecule has 0 amide bonds. The van der Waals surface area contributed by atoms with Gasteiger partial charge in [-0.3, -0.25) is 0 Å². The summed E-state index contributed by atoms with van der Waals surface area (Å²) in [6.07, 6.45) is -1.70. The van der Waals surface area contributed by atoms with Crippen molar-refractivity contribution in [3.05, 3.63) is 46.5 Å². The maximum Gasteiger partial charge on any atom is 0.417 e. The second-order valence-corrected chi connectivity index (χ2v) is 4.99. The number of benzene rings is 1. The molecule has 0 aliphatic carbocycles. The van der Waals surface area contributed by atoms with Crippen LogP contribution in [0.4, 0.5) is 13.2 Å². The summed E-state index contributed by atoms with van der Waals surface area (Å²) >= 11 is 2.88. The second kappa shape index (κ2) is 5.55. The minimum absolute atomic E-state index is 0.0399. The molecule has 0 aliphatic rings. The average Bonchev–Trinajstić information content (AvgIpc) is 2.86. The molecule has 1 atom stereocenters. The molecule has 0 aliphatic heterocycles. The van der Waals surface area contributed by atoms with Crippen molar-refractivity contribution in [1.82, 2.24) is 9.55 Å². The Morgan fingerprint density at radius 1 is 1.40 bits per heavy atom. The Hall–Kier alpha value is -1.38. The van der Waals surface area contributed by atoms with Gasteiger partial charge >= 0.3 is 6.18 Å². The number of halogens is 4. The number of aliphatic hydroxyl groups excluding tert-OH is 1. The van der Waals surface area contributed by atoms with E-state index in [1.165, 1.54) is 29.2 Å². The average molecular weight is 350 g/mol. The zero-order valence-corrected chi connectivity index (χ0v) is 11.7. The van der Waals surface area contributed by atoms with Crippen molar-refractivity contribution in [2.75, 3.05) is 6.61 Å². The number of aliphatic hydroxyl groups is 1. The van der Waals surface area contributed by atoms with E-state index < -0.39 is 17.8 Å². The molecule has 3 N–H and O–H groups in total. The third-order valence-electron chi connectivity index (χ3n) is 2.78. The highest BCUT2D eigenvalue weighted by Gasteiger charge is 2.33. The molecule has 108 valence electrons. The van der Waals surface area contributed by atoms with Gasteiger partial charge in [0, 0.05) is 10.2 Å². The lowest BCUT2D eigenvalue weighted by molar-refractivity contribution is -0.138. The van der Waals surface area contributed by atoms with Crippen LogP contribution in [0.15, 0.2) is 35.2 Å². The van der Waals surface area contributed by atoms with Crippen LogP contribution in [-0.2, 0) is 6.18 Å². The summed E-state index contributed by atoms with van der Waals surface area (Å²) in [5.74, 6) is 0. The van der Waals surface area contributed by atoms with Crippen LogP contribution in [0, 0.1) is 0 Å². The van der Waals surface area contributed by atoms with Crippen LogP contribution in [0.25, 0.3) is 5.69 Å². The van der Waals surface area contributed by atoms with Crippen LogP contribution >= 0.6 is 15.9 Å². The predicted molar refractivity (Wildman–Crippen MR) is 70.3 cm³/mol. The Kier molecular flexibility index (Phi) is 4.17. The third kappa shape index (κ3) is 2.87. The summed E-state index contributed by atoms with van der Waals surface area (Å²) in [6, 6.07) is 3.11. The molecule has 20 heavy (non-hydrogen) atoms. The van der Waals surface area contributed by atoms with Gasteiger partial charge in [0.2, 0.25) is 0 Å². The molecule has 1 aromatic carbocycles. The number of nitrogens with zero attached hydrogens (tertiary/aromatic N) is 2. The molecule has 4 nitrogen and oxygen atoms in total. The quantitative estimate of drug-likeness (QED) is 0.895. The first kappa shape index (κ1) is 15.0. The van der Waals surface area contributed by atoms with Crippen LogP contribution < -0.4 is 5.73 Å². The Morgan fingerprint density at radius 2 is 2.10 bits per heavy atom. The molecule has 2 aromatic rings. The van der Waals surface area contributed by atoms with E-state index in [9.17, 15) is 13.2 Å². The van der Waals surface area contributed by atoms with E-state index >= 15 is 0 Å². The lowest BCUT2D eigenvalue weighted by atomic mass is 10.1. The van der Waals surface area contributed by atoms with Crippen molar-refractivity contribution >= 4 is 15.9 Å². The van der Waals surface area contributed by atoms with Gasteiger partial charge in [-0.05, 0) is 18.2 Å². The monoisotopic (exact) mass is 349 g/mol. The zero-order chi connectivity index (χ0) is 14.9. The topological polar surface area (TPSA) is 64.1 Å². The van der Waals surface area contributed by atoms with Gasteiger partial charge in [-0.25, -0.2) is 4.98 Å². The van der Waals surface area contributed by atoms with Gasteiger partial charge in [0.15, 0.2) is 0 Å². The number of rotatable bonds is 3. The van der Waals surface area contributed by atoms with E-state index in [-0.39, 0.29) is 16.8 Å². The number of imidazole rings is 1. The van der Waals surface area contributed by atoms with E-state index in [4.69, 9.17) is 10.8 Å². The van der Waals surface area contributed by atoms with E-state index in [2.05, 4.69) is 20.9 Å². The van der Waals surface area contributed by atoms with Crippen molar-refractivity contribution in [1.29, 1.82) is 0 Å². The minimum atomic E-state index is -4.46. The minimum Gasteiger partial charge on any atom is -0.394 e. The maximum atomic E-state index is 12.9. The van der Waals surface area contributed by atoms with E-state index in [1.807, 2.05) is 0 Å². The fourth-order valence-electron chi connectivity index (χ4n) is 1.77. The molecule has 8 heteroatoms. The summed E-state index contributed by atoms with van der Waals surface area (Å²) in [5.41, 5.74) is 5.61. The Balaban J connectivity index is 2.52. The molecule has 0 bridgehead atoms. The standard InChI is InChI=1S/C12H11BrF3N3O/c13-9-2-1-7(3-8(9)12(14,15)16)19-6-18-4-11(19)10(17)5-20/h1-4,6,10,20H,5,17H2. The maximum absolute atomic E-state index is 12.9. The molecule has 1 heterocycles. The predicted octanol–water partition coefficient (Wildman–Crippen LogP) is 2.65. The molecule has 2 rings (SSSR count). The Labute approximate surface area is 121 Å². The van der Waals surface area contributed by atoms with Crippen molar-refractivity contribution in [2.24, 2.45) is 5.73 Å². The van der Waals surface area contributed by atoms with Gasteiger partial charge in [0.05, 0.1) is 36.4 Å². The molecule has 0 spiro atoms. The second-order valence-electron chi connectivity index (χ2n) is 4.14. The molecule has 0 saturated carbocycles. The summed E-state index contributed by atoms with van der Waals surface area (Å²) in [5, 5.41) is 9.05. The van der Waals surface area contributed by atoms with E-state index in [0.29, 0.717) is 5.69 Å². The fraction of sp³-hybridized carbons (Fsp3) is 0.250. The van der Waals surface area contributed by atoms with Crippen LogP contribution in [0.5, 0.6) is 0 Å². The van der Waals surface area contributed by atoms with Gasteiger partial charge in [-0.1, -0.05) is 15.9 Å². The molecule has 0 radical (unpaired) electrons. The first-order valence-electron chi connectivity index (χ1n) is 5.60. The molecular formula is C12H11BrF3N3O. The Bertz CT molecular complexity index is 612. The highest BCUT2D eigenvalue weighted by molar-refractivity contribution is 9.10. The largest absolute Gasteiger partial charge is 0.417 e. The zero-order valence-electron chi connectivity index (χ0n) is 10.1. The lowest BCUT2D eigenvalue weighted by Crippen LogP contribution is -2.18. The highest BCUT2D eigenvalue weighted by Crippen LogP contribution is 2.36. The summed E-state index contributed by atoms with van der Waals surface area (Å²) in [4.78, 5) is 3.86.